The third-order valence-electron chi connectivity index (χ3n) is 3.35. The van der Waals surface area contributed by atoms with Crippen LogP contribution in [0.3, 0.4) is 0 Å². The number of piperazine rings is 1. The maximum atomic E-state index is 4.35. The van der Waals surface area contributed by atoms with E-state index in [4.69, 9.17) is 0 Å². The third kappa shape index (κ3) is 1.70. The van der Waals surface area contributed by atoms with E-state index in [1.807, 2.05) is 12.3 Å². The van der Waals surface area contributed by atoms with Crippen molar-refractivity contribution in [3.63, 3.8) is 0 Å². The number of nitrogens with one attached hydrogen (secondary N) is 1. The Balaban J connectivity index is 0.000000853. The van der Waals surface area contributed by atoms with E-state index in [1.54, 1.807) is 0 Å². The Morgan fingerprint density at radius 1 is 1.53 bits per heavy atom. The van der Waals surface area contributed by atoms with Gasteiger partial charge < -0.3 is 10.2 Å². The summed E-state index contributed by atoms with van der Waals surface area (Å²) in [5, 5.41) is 3.51. The molecule has 1 aromatic rings. The van der Waals surface area contributed by atoms with Crippen LogP contribution in [0.15, 0.2) is 18.3 Å². The molecule has 2 fully saturated rings. The molecule has 2 aliphatic heterocycles. The largest absolute Gasteiger partial charge is 0.364 e. The van der Waals surface area contributed by atoms with E-state index in [1.165, 1.54) is 12.1 Å². The lowest BCUT2D eigenvalue weighted by atomic mass is 10.2. The van der Waals surface area contributed by atoms with E-state index < -0.39 is 0 Å². The Kier molecular flexibility index (Phi) is 2.85. The molecule has 0 saturated carbocycles. The van der Waals surface area contributed by atoms with Crippen molar-refractivity contribution in [1.82, 2.24) is 10.3 Å². The van der Waals surface area contributed by atoms with Gasteiger partial charge in [-0.25, -0.2) is 0 Å². The average Bonchev–Trinajstić information content (AvgIpc) is 2.79. The van der Waals surface area contributed by atoms with E-state index in [0.29, 0.717) is 12.1 Å². The molecule has 0 unspecified atom stereocenters. The van der Waals surface area contributed by atoms with Crippen LogP contribution in [0.4, 0.5) is 5.69 Å². The van der Waals surface area contributed by atoms with Crippen molar-refractivity contribution in [2.75, 3.05) is 18.0 Å². The van der Waals surface area contributed by atoms with Crippen molar-refractivity contribution < 1.29 is 0 Å². The highest BCUT2D eigenvalue weighted by molar-refractivity contribution is 5.85. The van der Waals surface area contributed by atoms with E-state index in [2.05, 4.69) is 28.2 Å². The van der Waals surface area contributed by atoms with E-state index in [0.717, 1.165) is 18.8 Å². The molecule has 0 amide bonds. The number of anilines is 1. The zero-order chi connectivity index (χ0) is 9.54. The number of hydrogen-bond acceptors (Lipinski definition) is 3. The second-order valence-corrected chi connectivity index (χ2v) is 4.25. The lowest BCUT2D eigenvalue weighted by molar-refractivity contribution is 0.579. The molecule has 2 bridgehead atoms. The van der Waals surface area contributed by atoms with Crippen molar-refractivity contribution in [1.29, 1.82) is 0 Å². The van der Waals surface area contributed by atoms with Crippen LogP contribution in [0.25, 0.3) is 0 Å². The summed E-state index contributed by atoms with van der Waals surface area (Å²) in [5.74, 6) is 0. The van der Waals surface area contributed by atoms with E-state index in [-0.39, 0.29) is 12.4 Å². The molecule has 2 saturated heterocycles. The van der Waals surface area contributed by atoms with Gasteiger partial charge in [-0.1, -0.05) is 0 Å². The zero-order valence-corrected chi connectivity index (χ0v) is 9.63. The molecule has 4 heteroatoms. The molecular formula is C11H16ClN3. The lowest BCUT2D eigenvalue weighted by Gasteiger charge is -2.30. The monoisotopic (exact) mass is 225 g/mol. The normalized spacial score (nSPS) is 27.9. The molecule has 2 aliphatic rings. The number of nitrogens with zero attached hydrogens (tertiary/aromatic N) is 2. The van der Waals surface area contributed by atoms with Crippen molar-refractivity contribution >= 4 is 18.1 Å². The predicted molar refractivity (Wildman–Crippen MR) is 63.8 cm³/mol. The Bertz CT molecular complexity index is 355. The van der Waals surface area contributed by atoms with Crippen LogP contribution < -0.4 is 10.2 Å². The number of fused-ring (bicyclic) bond motifs is 2. The van der Waals surface area contributed by atoms with Gasteiger partial charge in [0.25, 0.3) is 0 Å². The number of aryl methyl sites for hydroxylation is 1. The first-order valence-electron chi connectivity index (χ1n) is 5.26. The van der Waals surface area contributed by atoms with Crippen molar-refractivity contribution in [2.45, 2.75) is 25.4 Å². The van der Waals surface area contributed by atoms with Gasteiger partial charge >= 0.3 is 0 Å². The standard InChI is InChI=1S/C11H15N3.ClH/c1-8-11(3-2-4-12-8)14-7-9-5-10(14)6-13-9;/h2-4,9-10,13H,5-7H2,1H3;1H/t9-,10-;/m0./s1. The van der Waals surface area contributed by atoms with Gasteiger partial charge in [0, 0.05) is 31.4 Å². The molecule has 3 heterocycles. The van der Waals surface area contributed by atoms with Gasteiger partial charge in [0.05, 0.1) is 11.4 Å². The summed E-state index contributed by atoms with van der Waals surface area (Å²) in [7, 11) is 0. The lowest BCUT2D eigenvalue weighted by Crippen LogP contribution is -2.43. The highest BCUT2D eigenvalue weighted by atomic mass is 35.5. The van der Waals surface area contributed by atoms with Gasteiger partial charge in [-0.15, -0.1) is 12.4 Å². The summed E-state index contributed by atoms with van der Waals surface area (Å²) < 4.78 is 0. The summed E-state index contributed by atoms with van der Waals surface area (Å²) in [4.78, 5) is 6.85. The minimum atomic E-state index is 0. The minimum absolute atomic E-state index is 0. The average molecular weight is 226 g/mol. The molecular weight excluding hydrogens is 210 g/mol. The molecule has 3 rings (SSSR count). The van der Waals surface area contributed by atoms with Crippen LogP contribution >= 0.6 is 12.4 Å². The van der Waals surface area contributed by atoms with Crippen molar-refractivity contribution in [3.05, 3.63) is 24.0 Å². The highest BCUT2D eigenvalue weighted by Crippen LogP contribution is 2.30. The van der Waals surface area contributed by atoms with Crippen LogP contribution in [-0.4, -0.2) is 30.2 Å². The van der Waals surface area contributed by atoms with Gasteiger partial charge in [0.1, 0.15) is 0 Å². The molecule has 2 atom stereocenters. The van der Waals surface area contributed by atoms with Gasteiger partial charge in [-0.05, 0) is 25.5 Å². The molecule has 0 spiro atoms. The van der Waals surface area contributed by atoms with E-state index in [9.17, 15) is 0 Å². The Morgan fingerprint density at radius 2 is 2.40 bits per heavy atom. The fraction of sp³-hybridized carbons (Fsp3) is 0.545. The van der Waals surface area contributed by atoms with Crippen LogP contribution in [0.1, 0.15) is 12.1 Å². The maximum absolute atomic E-state index is 4.35. The SMILES string of the molecule is Cc1ncccc1N1C[C@@H]2C[C@H]1CN2.Cl. The molecule has 0 aromatic carbocycles. The Hall–Kier alpha value is -0.800. The number of halogens is 1. The van der Waals surface area contributed by atoms with E-state index >= 15 is 0 Å². The molecule has 15 heavy (non-hydrogen) atoms. The second kappa shape index (κ2) is 3.99. The number of pyridine rings is 1. The summed E-state index contributed by atoms with van der Waals surface area (Å²) in [6.07, 6.45) is 3.17. The second-order valence-electron chi connectivity index (χ2n) is 4.25. The first-order valence-corrected chi connectivity index (χ1v) is 5.26. The molecule has 1 aromatic heterocycles. The zero-order valence-electron chi connectivity index (χ0n) is 8.81. The summed E-state index contributed by atoms with van der Waals surface area (Å²) in [5.41, 5.74) is 2.47. The van der Waals surface area contributed by atoms with Gasteiger partial charge in [-0.2, -0.15) is 0 Å². The topological polar surface area (TPSA) is 28.2 Å². The Morgan fingerprint density at radius 3 is 3.00 bits per heavy atom. The van der Waals surface area contributed by atoms with Crippen LogP contribution in [0.2, 0.25) is 0 Å². The van der Waals surface area contributed by atoms with Crippen molar-refractivity contribution in [3.8, 4) is 0 Å². The smallest absolute Gasteiger partial charge is 0.0605 e. The Labute approximate surface area is 96.3 Å². The van der Waals surface area contributed by atoms with Gasteiger partial charge in [-0.3, -0.25) is 4.98 Å². The maximum Gasteiger partial charge on any atom is 0.0605 e. The quantitative estimate of drug-likeness (QED) is 0.783. The molecule has 1 N–H and O–H groups in total. The van der Waals surface area contributed by atoms with Gasteiger partial charge in [0.2, 0.25) is 0 Å². The van der Waals surface area contributed by atoms with Crippen LogP contribution in [0, 0.1) is 6.92 Å². The highest BCUT2D eigenvalue weighted by Gasteiger charge is 2.37. The fourth-order valence-electron chi connectivity index (χ4n) is 2.64. The summed E-state index contributed by atoms with van der Waals surface area (Å²) in [6.45, 7) is 4.38. The summed E-state index contributed by atoms with van der Waals surface area (Å²) in [6, 6.07) is 5.62. The predicted octanol–water partition coefficient (Wildman–Crippen LogP) is 1.36. The van der Waals surface area contributed by atoms with Crippen molar-refractivity contribution in [2.24, 2.45) is 0 Å². The number of rotatable bonds is 1. The summed E-state index contributed by atoms with van der Waals surface area (Å²) >= 11 is 0. The number of hydrogen-bond donors (Lipinski definition) is 1. The number of aromatic nitrogens is 1. The van der Waals surface area contributed by atoms with Crippen LogP contribution in [-0.2, 0) is 0 Å². The van der Waals surface area contributed by atoms with Gasteiger partial charge in [0.15, 0.2) is 0 Å². The fourth-order valence-corrected chi connectivity index (χ4v) is 2.64. The minimum Gasteiger partial charge on any atom is -0.364 e. The molecule has 3 nitrogen and oxygen atoms in total. The molecule has 0 aliphatic carbocycles. The first kappa shape index (κ1) is 10.7. The van der Waals surface area contributed by atoms with Crippen LogP contribution in [0.5, 0.6) is 0 Å². The molecule has 0 radical (unpaired) electrons. The molecule has 82 valence electrons. The third-order valence-corrected chi connectivity index (χ3v) is 3.35. The first-order chi connectivity index (χ1) is 6.84.